The summed E-state index contributed by atoms with van der Waals surface area (Å²) in [5, 5.41) is 5.15. The Morgan fingerprint density at radius 1 is 0.383 bits per heavy atom. The minimum atomic E-state index is -0.754. The summed E-state index contributed by atoms with van der Waals surface area (Å²) in [7, 11) is 0. The van der Waals surface area contributed by atoms with Gasteiger partial charge in [-0.15, -0.1) is 0 Å². The second-order valence-corrected chi connectivity index (χ2v) is 24.8. The molecule has 0 unspecified atom stereocenters. The van der Waals surface area contributed by atoms with Gasteiger partial charge in [-0.2, -0.15) is 0 Å². The largest absolute Gasteiger partial charge is 0.457 e. The van der Waals surface area contributed by atoms with Gasteiger partial charge in [0.1, 0.15) is 23.0 Å². The molecule has 81 heavy (non-hydrogen) atoms. The van der Waals surface area contributed by atoms with E-state index < -0.39 is 10.8 Å². The zero-order chi connectivity index (χ0) is 52.5. The lowest BCUT2D eigenvalue weighted by atomic mass is 9.48. The van der Waals surface area contributed by atoms with E-state index in [1.807, 2.05) is 0 Å². The summed E-state index contributed by atoms with van der Waals surface area (Å²) in [6.45, 7) is 0. The fraction of sp³-hybridized carbons (Fsp3) is 0.158. The van der Waals surface area contributed by atoms with Crippen molar-refractivity contribution in [3.05, 3.63) is 269 Å². The molecular weight excluding hydrogens is 987 g/mol. The molecule has 2 aliphatic heterocycles. The van der Waals surface area contributed by atoms with Crippen molar-refractivity contribution in [1.82, 2.24) is 14.4 Å². The van der Waals surface area contributed by atoms with E-state index in [9.17, 15) is 0 Å². The number of hydrogen-bond acceptors (Lipinski definition) is 4. The van der Waals surface area contributed by atoms with Gasteiger partial charge in [-0.25, -0.2) is 0 Å². The van der Waals surface area contributed by atoms with Crippen molar-refractivity contribution < 1.29 is 9.47 Å². The molecule has 9 aromatic carbocycles. The first kappa shape index (κ1) is 43.5. The summed E-state index contributed by atoms with van der Waals surface area (Å²) in [5.74, 6) is 5.81. The number of aromatic nitrogens is 3. The average Bonchev–Trinajstić information content (AvgIpc) is 2.01. The van der Waals surface area contributed by atoms with Gasteiger partial charge in [-0.3, -0.25) is 9.97 Å². The van der Waals surface area contributed by atoms with Gasteiger partial charge in [0.15, 0.2) is 0 Å². The van der Waals surface area contributed by atoms with Crippen molar-refractivity contribution in [2.45, 2.75) is 54.8 Å². The van der Waals surface area contributed by atoms with E-state index in [0.717, 1.165) is 85.4 Å². The first-order valence-electron chi connectivity index (χ1n) is 29.3. The van der Waals surface area contributed by atoms with Crippen molar-refractivity contribution in [2.24, 2.45) is 17.8 Å². The molecule has 4 saturated carbocycles. The van der Waals surface area contributed by atoms with Crippen molar-refractivity contribution in [2.75, 3.05) is 0 Å². The van der Waals surface area contributed by atoms with Crippen LogP contribution in [0.15, 0.2) is 219 Å². The lowest BCUT2D eigenvalue weighted by molar-refractivity contribution is -0.00508. The van der Waals surface area contributed by atoms with Crippen molar-refractivity contribution in [3.8, 4) is 67.5 Å². The molecule has 13 aromatic rings. The molecule has 0 radical (unpaired) electrons. The molecule has 0 N–H and O–H groups in total. The predicted octanol–water partition coefficient (Wildman–Crippen LogP) is 18.4. The highest BCUT2D eigenvalue weighted by molar-refractivity contribution is 6.30. The molecule has 2 spiro atoms. The van der Waals surface area contributed by atoms with Crippen LogP contribution in [0.2, 0.25) is 0 Å². The van der Waals surface area contributed by atoms with Crippen LogP contribution in [0.4, 0.5) is 0 Å². The molecule has 4 fully saturated rings. The molecule has 5 nitrogen and oxygen atoms in total. The second-order valence-electron chi connectivity index (χ2n) is 24.8. The van der Waals surface area contributed by atoms with Crippen LogP contribution in [0.5, 0.6) is 23.0 Å². The van der Waals surface area contributed by atoms with Gasteiger partial charge in [-0.05, 0) is 148 Å². The molecule has 4 bridgehead atoms. The van der Waals surface area contributed by atoms with Crippen molar-refractivity contribution in [1.29, 1.82) is 0 Å². The summed E-state index contributed by atoms with van der Waals surface area (Å²) in [6.07, 6.45) is 12.4. The van der Waals surface area contributed by atoms with E-state index in [0.29, 0.717) is 0 Å². The first-order valence-corrected chi connectivity index (χ1v) is 29.3. The predicted molar refractivity (Wildman–Crippen MR) is 322 cm³/mol. The second kappa shape index (κ2) is 15.1. The minimum Gasteiger partial charge on any atom is -0.457 e. The molecule has 5 heteroatoms. The molecule has 0 saturated heterocycles. The lowest BCUT2D eigenvalue weighted by Crippen LogP contribution is -2.48. The van der Waals surface area contributed by atoms with Crippen LogP contribution in [-0.2, 0) is 16.2 Å². The van der Waals surface area contributed by atoms with E-state index in [1.165, 1.54) is 127 Å². The van der Waals surface area contributed by atoms with Gasteiger partial charge in [0.05, 0.1) is 51.2 Å². The first-order chi connectivity index (χ1) is 40.1. The Hall–Kier alpha value is -9.32. The Bertz CT molecular complexity index is 4530. The monoisotopic (exact) mass is 1040 g/mol. The number of fused-ring (bicyclic) bond motifs is 26. The van der Waals surface area contributed by atoms with E-state index in [4.69, 9.17) is 19.4 Å². The molecule has 21 rings (SSSR count). The minimum absolute atomic E-state index is 0.100. The van der Waals surface area contributed by atoms with Crippen LogP contribution in [0.1, 0.15) is 88.9 Å². The fourth-order valence-corrected chi connectivity index (χ4v) is 18.7. The third-order valence-corrected chi connectivity index (χ3v) is 21.0. The van der Waals surface area contributed by atoms with Gasteiger partial charge in [0.2, 0.25) is 0 Å². The number of pyridine rings is 2. The summed E-state index contributed by atoms with van der Waals surface area (Å²) >= 11 is 0. The molecule has 0 amide bonds. The van der Waals surface area contributed by atoms with E-state index in [-0.39, 0.29) is 5.41 Å². The number of para-hydroxylation sites is 4. The summed E-state index contributed by atoms with van der Waals surface area (Å²) in [4.78, 5) is 11.9. The zero-order valence-corrected chi connectivity index (χ0v) is 44.4. The third kappa shape index (κ3) is 5.18. The van der Waals surface area contributed by atoms with Crippen LogP contribution in [0.3, 0.4) is 0 Å². The van der Waals surface area contributed by atoms with Crippen molar-refractivity contribution >= 4 is 38.1 Å². The van der Waals surface area contributed by atoms with Crippen LogP contribution in [-0.4, -0.2) is 14.4 Å². The van der Waals surface area contributed by atoms with Crippen LogP contribution in [0.25, 0.3) is 82.6 Å². The molecule has 4 aromatic heterocycles. The van der Waals surface area contributed by atoms with Crippen LogP contribution < -0.4 is 9.47 Å². The Kier molecular flexibility index (Phi) is 8.13. The van der Waals surface area contributed by atoms with Gasteiger partial charge in [0.25, 0.3) is 0 Å². The maximum atomic E-state index is 6.90. The Labute approximate surface area is 468 Å². The van der Waals surface area contributed by atoms with E-state index in [1.54, 1.807) is 0 Å². The highest BCUT2D eigenvalue weighted by atomic mass is 16.5. The standard InChI is InChI=1S/C76H51N3O2/c1-3-17-46(18-4-1)49-21-15-27-57-65(49)69-67-51-36-48(74-38-43-33-44(39-74)35-45(34-43)40-74)37-52-68-60(79(71(51)52)59(67)41-77-72(69)75(57)53-23-7-11-29-61(53)80-62-30-12-8-24-54(62)75)42-78-73-70(68)66-50(47-19-5-2-6-20-47)22-16-28-58(66)76(73)55-25-9-13-31-63(55)81-64-32-14-10-26-56(64)76/h1-32,36-37,41-45H,33-35,38-40H2. The molecule has 0 atom stereocenters. The topological polar surface area (TPSA) is 48.7 Å². The zero-order valence-electron chi connectivity index (χ0n) is 44.4. The Morgan fingerprint density at radius 3 is 1.16 bits per heavy atom. The summed E-state index contributed by atoms with van der Waals surface area (Å²) in [5.41, 5.74) is 22.4. The average molecular weight is 1040 g/mol. The smallest absolute Gasteiger partial charge is 0.132 e. The molecular formula is C76H51N3O2. The van der Waals surface area contributed by atoms with Gasteiger partial charge in [-0.1, -0.05) is 170 Å². The van der Waals surface area contributed by atoms with Gasteiger partial charge < -0.3 is 13.9 Å². The highest BCUT2D eigenvalue weighted by Crippen LogP contribution is 2.68. The number of ether oxygens (including phenoxy) is 2. The maximum absolute atomic E-state index is 6.90. The lowest BCUT2D eigenvalue weighted by Gasteiger charge is -2.57. The quantitative estimate of drug-likeness (QED) is 0.177. The maximum Gasteiger partial charge on any atom is 0.132 e. The number of rotatable bonds is 3. The Morgan fingerprint density at radius 2 is 0.753 bits per heavy atom. The number of nitrogens with zero attached hydrogens (tertiary/aromatic N) is 3. The summed E-state index contributed by atoms with van der Waals surface area (Å²) < 4.78 is 16.4. The van der Waals surface area contributed by atoms with Crippen molar-refractivity contribution in [3.63, 3.8) is 0 Å². The highest BCUT2D eigenvalue weighted by Gasteiger charge is 2.57. The fourth-order valence-electron chi connectivity index (χ4n) is 18.7. The van der Waals surface area contributed by atoms with E-state index in [2.05, 4.69) is 223 Å². The molecule has 8 aliphatic rings. The van der Waals surface area contributed by atoms with E-state index >= 15 is 0 Å². The number of hydrogen-bond donors (Lipinski definition) is 0. The Balaban J connectivity index is 0.987. The van der Waals surface area contributed by atoms with Crippen LogP contribution >= 0.6 is 0 Å². The van der Waals surface area contributed by atoms with Crippen LogP contribution in [0, 0.1) is 17.8 Å². The SMILES string of the molecule is c1ccc(-c2cccc3c2-c2c(ncc4c2c2cc(C56CC7CC(CC(C7)C5)C6)cc5c6c7c(ncc6n4c25)C2(c4ccccc4Oc4ccccc42)c2cccc(-c4ccccc4)c2-7)C32c3ccccc3Oc3ccccc32)cc1. The molecule has 6 heterocycles. The molecule has 382 valence electrons. The number of benzene rings is 9. The molecule has 6 aliphatic carbocycles. The third-order valence-electron chi connectivity index (χ3n) is 21.0. The van der Waals surface area contributed by atoms with Gasteiger partial charge >= 0.3 is 0 Å². The van der Waals surface area contributed by atoms with Gasteiger partial charge in [0, 0.05) is 54.9 Å². The normalized spacial score (nSPS) is 21.1. The summed E-state index contributed by atoms with van der Waals surface area (Å²) in [6, 6.07) is 76.3.